The van der Waals surface area contributed by atoms with Gasteiger partial charge in [-0.1, -0.05) is 43.3 Å². The van der Waals surface area contributed by atoms with Gasteiger partial charge in [-0.15, -0.1) is 0 Å². The molecule has 0 heterocycles. The molecule has 0 bridgehead atoms. The van der Waals surface area contributed by atoms with Crippen molar-refractivity contribution in [2.24, 2.45) is 5.92 Å². The minimum absolute atomic E-state index is 0.201. The fourth-order valence-corrected chi connectivity index (χ4v) is 2.49. The molecule has 0 saturated carbocycles. The van der Waals surface area contributed by atoms with Crippen molar-refractivity contribution in [2.45, 2.75) is 32.4 Å². The number of aliphatic hydroxyl groups excluding tert-OH is 1. The Morgan fingerprint density at radius 3 is 2.38 bits per heavy atom. The Bertz CT molecular complexity index is 691. The summed E-state index contributed by atoms with van der Waals surface area (Å²) in [6, 6.07) is 12.2. The van der Waals surface area contributed by atoms with Crippen molar-refractivity contribution >= 4 is 5.91 Å². The van der Waals surface area contributed by atoms with E-state index >= 15 is 0 Å². The summed E-state index contributed by atoms with van der Waals surface area (Å²) in [5.41, 5.74) is 1.27. The van der Waals surface area contributed by atoms with Crippen LogP contribution in [0.5, 0.6) is 0 Å². The molecule has 0 aliphatic heterocycles. The zero-order chi connectivity index (χ0) is 17.7. The number of hydrogen-bond donors (Lipinski definition) is 2. The van der Waals surface area contributed by atoms with Gasteiger partial charge >= 0.3 is 0 Å². The normalized spacial score (nSPS) is 14.7. The maximum atomic E-state index is 13.3. The second-order valence-corrected chi connectivity index (χ2v) is 6.01. The van der Waals surface area contributed by atoms with Crippen molar-refractivity contribution < 1.29 is 18.7 Å². The molecule has 2 N–H and O–H groups in total. The van der Waals surface area contributed by atoms with E-state index in [1.165, 1.54) is 6.07 Å². The number of carbonyl (C=O) groups excluding carboxylic acids is 1. The van der Waals surface area contributed by atoms with Crippen LogP contribution in [0.3, 0.4) is 0 Å². The molecule has 3 atom stereocenters. The molecule has 3 nitrogen and oxygen atoms in total. The van der Waals surface area contributed by atoms with E-state index in [9.17, 15) is 18.7 Å². The Kier molecular flexibility index (Phi) is 6.04. The van der Waals surface area contributed by atoms with Crippen molar-refractivity contribution in [3.05, 3.63) is 71.3 Å². The average molecular weight is 333 g/mol. The van der Waals surface area contributed by atoms with E-state index in [1.54, 1.807) is 13.8 Å². The summed E-state index contributed by atoms with van der Waals surface area (Å²) < 4.78 is 26.2. The van der Waals surface area contributed by atoms with Crippen LogP contribution in [0.15, 0.2) is 48.5 Å². The Morgan fingerprint density at radius 1 is 1.08 bits per heavy atom. The Morgan fingerprint density at radius 2 is 1.75 bits per heavy atom. The van der Waals surface area contributed by atoms with Gasteiger partial charge in [-0.2, -0.15) is 0 Å². The van der Waals surface area contributed by atoms with E-state index in [0.717, 1.165) is 17.7 Å². The number of halogens is 2. The summed E-state index contributed by atoms with van der Waals surface area (Å²) in [6.07, 6.45) is -0.534. The number of hydrogen-bond acceptors (Lipinski definition) is 2. The number of benzene rings is 2. The van der Waals surface area contributed by atoms with E-state index in [1.807, 2.05) is 30.3 Å². The highest BCUT2D eigenvalue weighted by atomic mass is 19.2. The molecule has 0 fully saturated rings. The minimum Gasteiger partial charge on any atom is -0.386 e. The van der Waals surface area contributed by atoms with Crippen molar-refractivity contribution in [3.63, 3.8) is 0 Å². The second-order valence-electron chi connectivity index (χ2n) is 6.01. The molecule has 0 spiro atoms. The largest absolute Gasteiger partial charge is 0.386 e. The molecule has 2 aromatic carbocycles. The van der Waals surface area contributed by atoms with E-state index < -0.39 is 23.8 Å². The zero-order valence-corrected chi connectivity index (χ0v) is 13.7. The predicted octanol–water partition coefficient (Wildman–Crippen LogP) is 3.38. The zero-order valence-electron chi connectivity index (χ0n) is 13.7. The number of rotatable bonds is 6. The highest BCUT2D eigenvalue weighted by Crippen LogP contribution is 2.20. The number of amides is 1. The second kappa shape index (κ2) is 8.02. The SMILES string of the molecule is CC(Cc1ccccc1)C(=O)NC(C)C(O)c1ccc(F)c(F)c1. The molecule has 0 aliphatic carbocycles. The maximum absolute atomic E-state index is 13.3. The van der Waals surface area contributed by atoms with Gasteiger partial charge in [-0.3, -0.25) is 4.79 Å². The lowest BCUT2D eigenvalue weighted by atomic mass is 9.98. The molecular weight excluding hydrogens is 312 g/mol. The van der Waals surface area contributed by atoms with Gasteiger partial charge in [0, 0.05) is 5.92 Å². The lowest BCUT2D eigenvalue weighted by Gasteiger charge is -2.22. The topological polar surface area (TPSA) is 49.3 Å². The first-order valence-corrected chi connectivity index (χ1v) is 7.85. The lowest BCUT2D eigenvalue weighted by Crippen LogP contribution is -2.40. The lowest BCUT2D eigenvalue weighted by molar-refractivity contribution is -0.125. The summed E-state index contributed by atoms with van der Waals surface area (Å²) in [7, 11) is 0. The molecule has 2 aromatic rings. The summed E-state index contributed by atoms with van der Waals surface area (Å²) in [6.45, 7) is 3.43. The van der Waals surface area contributed by atoms with Crippen molar-refractivity contribution in [1.29, 1.82) is 0 Å². The Balaban J connectivity index is 1.95. The van der Waals surface area contributed by atoms with Gasteiger partial charge in [0.25, 0.3) is 0 Å². The van der Waals surface area contributed by atoms with Crippen LogP contribution < -0.4 is 5.32 Å². The standard InChI is InChI=1S/C19H21F2NO2/c1-12(10-14-6-4-3-5-7-14)19(24)22-13(2)18(23)15-8-9-16(20)17(21)11-15/h3-9,11-13,18,23H,10H2,1-2H3,(H,22,24). The van der Waals surface area contributed by atoms with Gasteiger partial charge in [-0.25, -0.2) is 8.78 Å². The van der Waals surface area contributed by atoms with Crippen molar-refractivity contribution in [1.82, 2.24) is 5.32 Å². The first kappa shape index (κ1) is 18.1. The van der Waals surface area contributed by atoms with Gasteiger partial charge in [0.05, 0.1) is 12.1 Å². The molecule has 0 aliphatic rings. The summed E-state index contributed by atoms with van der Waals surface area (Å²) >= 11 is 0. The van der Waals surface area contributed by atoms with Gasteiger partial charge in [0.2, 0.25) is 5.91 Å². The fraction of sp³-hybridized carbons (Fsp3) is 0.316. The van der Waals surface area contributed by atoms with E-state index in [2.05, 4.69) is 5.32 Å². The smallest absolute Gasteiger partial charge is 0.223 e. The van der Waals surface area contributed by atoms with Crippen LogP contribution in [0.2, 0.25) is 0 Å². The number of carbonyl (C=O) groups is 1. The van der Waals surface area contributed by atoms with Crippen LogP contribution in [0.4, 0.5) is 8.78 Å². The molecule has 5 heteroatoms. The van der Waals surface area contributed by atoms with E-state index in [-0.39, 0.29) is 17.4 Å². The van der Waals surface area contributed by atoms with Crippen LogP contribution in [0.1, 0.15) is 31.1 Å². The van der Waals surface area contributed by atoms with Crippen LogP contribution in [0, 0.1) is 17.6 Å². The monoisotopic (exact) mass is 333 g/mol. The van der Waals surface area contributed by atoms with Crippen LogP contribution in [-0.2, 0) is 11.2 Å². The molecule has 0 saturated heterocycles. The highest BCUT2D eigenvalue weighted by Gasteiger charge is 2.22. The molecule has 24 heavy (non-hydrogen) atoms. The fourth-order valence-electron chi connectivity index (χ4n) is 2.49. The molecular formula is C19H21F2NO2. The molecule has 0 radical (unpaired) electrons. The van der Waals surface area contributed by atoms with Gasteiger partial charge in [-0.05, 0) is 36.6 Å². The molecule has 3 unspecified atom stereocenters. The molecule has 128 valence electrons. The molecule has 2 rings (SSSR count). The number of aliphatic hydroxyl groups is 1. The maximum Gasteiger partial charge on any atom is 0.223 e. The summed E-state index contributed by atoms with van der Waals surface area (Å²) in [5, 5.41) is 12.9. The summed E-state index contributed by atoms with van der Waals surface area (Å²) in [4.78, 5) is 12.3. The quantitative estimate of drug-likeness (QED) is 0.851. The first-order valence-electron chi connectivity index (χ1n) is 7.85. The molecule has 1 amide bonds. The van der Waals surface area contributed by atoms with Crippen LogP contribution in [0.25, 0.3) is 0 Å². The van der Waals surface area contributed by atoms with Gasteiger partial charge in [0.1, 0.15) is 0 Å². The van der Waals surface area contributed by atoms with Gasteiger partial charge in [0.15, 0.2) is 11.6 Å². The van der Waals surface area contributed by atoms with Gasteiger partial charge < -0.3 is 10.4 Å². The molecule has 0 aromatic heterocycles. The average Bonchev–Trinajstić information content (AvgIpc) is 2.57. The third-order valence-electron chi connectivity index (χ3n) is 3.96. The Hall–Kier alpha value is -2.27. The van der Waals surface area contributed by atoms with Crippen LogP contribution >= 0.6 is 0 Å². The van der Waals surface area contributed by atoms with E-state index in [0.29, 0.717) is 6.42 Å². The highest BCUT2D eigenvalue weighted by molar-refractivity contribution is 5.78. The van der Waals surface area contributed by atoms with Crippen molar-refractivity contribution in [3.8, 4) is 0 Å². The first-order chi connectivity index (χ1) is 11.4. The third-order valence-corrected chi connectivity index (χ3v) is 3.96. The van der Waals surface area contributed by atoms with Crippen LogP contribution in [-0.4, -0.2) is 17.1 Å². The van der Waals surface area contributed by atoms with Crippen molar-refractivity contribution in [2.75, 3.05) is 0 Å². The minimum atomic E-state index is -1.12. The Labute approximate surface area is 140 Å². The summed E-state index contributed by atoms with van der Waals surface area (Å²) in [5.74, 6) is -2.47. The number of nitrogens with one attached hydrogen (secondary N) is 1. The predicted molar refractivity (Wildman–Crippen MR) is 88.2 cm³/mol. The van der Waals surface area contributed by atoms with E-state index in [4.69, 9.17) is 0 Å². The third kappa shape index (κ3) is 4.61.